The number of phenols is 1. The number of likely N-dealkylation sites (tertiary alicyclic amines) is 2. The Morgan fingerprint density at radius 1 is 1.32 bits per heavy atom. The van der Waals surface area contributed by atoms with E-state index in [1.165, 1.54) is 28.1 Å². The second-order valence-electron chi connectivity index (χ2n) is 8.45. The number of halogens is 5. The Kier molecular flexibility index (Phi) is 6.89. The van der Waals surface area contributed by atoms with Crippen molar-refractivity contribution in [3.05, 3.63) is 51.5 Å². The Morgan fingerprint density at radius 2 is 2.03 bits per heavy atom. The quantitative estimate of drug-likeness (QED) is 0.563. The molecule has 2 fully saturated rings. The number of aromatic nitrogens is 1. The van der Waals surface area contributed by atoms with Crippen molar-refractivity contribution in [3.63, 3.8) is 0 Å². The maximum absolute atomic E-state index is 14.8. The number of benzene rings is 1. The lowest BCUT2D eigenvalue weighted by atomic mass is 9.74. The van der Waals surface area contributed by atoms with Crippen LogP contribution in [0, 0.1) is 5.82 Å². The molecule has 7 nitrogen and oxygen atoms in total. The molecule has 13 heteroatoms. The monoisotopic (exact) mass is 581 g/mol. The van der Waals surface area contributed by atoms with Crippen LogP contribution < -0.4 is 0 Å². The molecule has 2 saturated heterocycles. The van der Waals surface area contributed by atoms with E-state index in [2.05, 4.69) is 20.9 Å². The van der Waals surface area contributed by atoms with E-state index >= 15 is 0 Å². The van der Waals surface area contributed by atoms with Crippen molar-refractivity contribution in [1.82, 2.24) is 14.8 Å². The molecule has 1 atom stereocenters. The smallest absolute Gasteiger partial charge is 0.251 e. The number of nitrogens with zero attached hydrogens (tertiary/aromatic N) is 3. The van der Waals surface area contributed by atoms with E-state index in [4.69, 9.17) is 11.6 Å². The first kappa shape index (κ1) is 25.2. The molecule has 2 aromatic rings. The largest absolute Gasteiger partial charge is 0.508 e. The Labute approximate surface area is 207 Å². The van der Waals surface area contributed by atoms with Gasteiger partial charge in [-0.15, -0.1) is 0 Å². The minimum Gasteiger partial charge on any atom is -0.508 e. The predicted molar refractivity (Wildman–Crippen MR) is 121 cm³/mol. The summed E-state index contributed by atoms with van der Waals surface area (Å²) in [5.41, 5.74) is -1.65. The maximum Gasteiger partial charge on any atom is 0.251 e. The number of amides is 1. The molecular formula is C21H20BrClF3N3O4S. The lowest BCUT2D eigenvalue weighted by Gasteiger charge is -2.49. The average molecular weight is 583 g/mol. The number of rotatable bonds is 6. The van der Waals surface area contributed by atoms with Gasteiger partial charge in [-0.3, -0.25) is 14.7 Å². The number of phenolic OH excluding ortho intramolecular Hbond substituents is 1. The van der Waals surface area contributed by atoms with Gasteiger partial charge in [0, 0.05) is 36.8 Å². The molecule has 0 spiro atoms. The molecular weight excluding hydrogens is 563 g/mol. The zero-order valence-corrected chi connectivity index (χ0v) is 20.8. The molecule has 2 aliphatic rings. The van der Waals surface area contributed by atoms with E-state index in [1.807, 2.05) is 0 Å². The molecule has 184 valence electrons. The van der Waals surface area contributed by atoms with Gasteiger partial charge in [0.2, 0.25) is 5.91 Å². The van der Waals surface area contributed by atoms with E-state index in [-0.39, 0.29) is 54.0 Å². The van der Waals surface area contributed by atoms with E-state index in [0.717, 1.165) is 12.1 Å². The Morgan fingerprint density at radius 3 is 2.65 bits per heavy atom. The van der Waals surface area contributed by atoms with Crippen molar-refractivity contribution in [2.75, 3.05) is 32.7 Å². The van der Waals surface area contributed by atoms with Crippen molar-refractivity contribution in [1.29, 1.82) is 0 Å². The van der Waals surface area contributed by atoms with Gasteiger partial charge in [-0.1, -0.05) is 11.6 Å². The zero-order chi connectivity index (χ0) is 24.8. The van der Waals surface area contributed by atoms with Gasteiger partial charge in [-0.05, 0) is 46.6 Å². The predicted octanol–water partition coefficient (Wildman–Crippen LogP) is 3.24. The molecule has 0 bridgehead atoms. The molecule has 4 rings (SSSR count). The van der Waals surface area contributed by atoms with Gasteiger partial charge >= 0.3 is 0 Å². The van der Waals surface area contributed by atoms with Gasteiger partial charge in [-0.2, -0.15) is 0 Å². The van der Waals surface area contributed by atoms with Gasteiger partial charge in [0.05, 0.1) is 27.4 Å². The summed E-state index contributed by atoms with van der Waals surface area (Å²) in [5.74, 6) is -1.49. The van der Waals surface area contributed by atoms with Crippen molar-refractivity contribution < 1.29 is 31.5 Å². The van der Waals surface area contributed by atoms with E-state index in [1.54, 1.807) is 0 Å². The fourth-order valence-electron chi connectivity index (χ4n) is 4.56. The molecule has 1 unspecified atom stereocenters. The molecule has 3 heterocycles. The standard InChI is InChI=1S/C21H20BrClF3N3O4S/c22-12-5-16(24)19(27-7-12)21(10-28(11-21)9-18(25)26)20(31)29-4-3-14(8-29)34(32,33)17-2-1-13(30)6-15(17)23/h1-2,5-7,14,18,30H,3-4,8-11H2. The van der Waals surface area contributed by atoms with Crippen LogP contribution in [0.3, 0.4) is 0 Å². The summed E-state index contributed by atoms with van der Waals surface area (Å²) in [6, 6.07) is 4.68. The third-order valence-corrected chi connectivity index (χ3v) is 9.24. The number of alkyl halides is 2. The molecule has 1 aromatic carbocycles. The summed E-state index contributed by atoms with van der Waals surface area (Å²) >= 11 is 9.14. The number of carbonyl (C=O) groups excluding carboxylic acids is 1. The highest BCUT2D eigenvalue weighted by molar-refractivity contribution is 9.10. The van der Waals surface area contributed by atoms with Crippen LogP contribution in [0.4, 0.5) is 13.2 Å². The van der Waals surface area contributed by atoms with Crippen LogP contribution in [0.1, 0.15) is 12.1 Å². The lowest BCUT2D eigenvalue weighted by Crippen LogP contribution is -2.67. The third kappa shape index (κ3) is 4.52. The van der Waals surface area contributed by atoms with Gasteiger partial charge in [0.25, 0.3) is 6.43 Å². The number of aromatic hydroxyl groups is 1. The molecule has 0 aliphatic carbocycles. The fourth-order valence-corrected chi connectivity index (χ4v) is 7.10. The van der Waals surface area contributed by atoms with Crippen molar-refractivity contribution >= 4 is 43.3 Å². The normalized spacial score (nSPS) is 20.5. The number of hydrogen-bond donors (Lipinski definition) is 1. The summed E-state index contributed by atoms with van der Waals surface area (Å²) in [6.07, 6.45) is -1.17. The van der Waals surface area contributed by atoms with Gasteiger partial charge in [0.15, 0.2) is 9.84 Å². The van der Waals surface area contributed by atoms with Crippen LogP contribution in [0.25, 0.3) is 0 Å². The van der Waals surface area contributed by atoms with Crippen LogP contribution in [-0.2, 0) is 20.0 Å². The third-order valence-electron chi connectivity index (χ3n) is 6.15. The molecule has 1 amide bonds. The number of hydrogen-bond acceptors (Lipinski definition) is 6. The topological polar surface area (TPSA) is 90.8 Å². The summed E-state index contributed by atoms with van der Waals surface area (Å²) in [6.45, 7) is -0.942. The maximum atomic E-state index is 14.8. The van der Waals surface area contributed by atoms with Gasteiger partial charge < -0.3 is 10.0 Å². The fraction of sp³-hybridized carbons (Fsp3) is 0.429. The summed E-state index contributed by atoms with van der Waals surface area (Å²) in [7, 11) is -3.93. The first-order chi connectivity index (χ1) is 15.9. The zero-order valence-electron chi connectivity index (χ0n) is 17.6. The first-order valence-electron chi connectivity index (χ1n) is 10.3. The van der Waals surface area contributed by atoms with Gasteiger partial charge in [-0.25, -0.2) is 21.6 Å². The van der Waals surface area contributed by atoms with Crippen molar-refractivity contribution in [2.24, 2.45) is 0 Å². The van der Waals surface area contributed by atoms with Crippen LogP contribution in [0.5, 0.6) is 5.75 Å². The van der Waals surface area contributed by atoms with E-state index < -0.39 is 45.2 Å². The summed E-state index contributed by atoms with van der Waals surface area (Å²) in [5, 5.41) is 8.41. The highest BCUT2D eigenvalue weighted by Crippen LogP contribution is 2.39. The summed E-state index contributed by atoms with van der Waals surface area (Å²) in [4.78, 5) is 20.1. The lowest BCUT2D eigenvalue weighted by molar-refractivity contribution is -0.145. The molecule has 2 aliphatic heterocycles. The number of carbonyl (C=O) groups is 1. The minimum atomic E-state index is -3.93. The van der Waals surface area contributed by atoms with Crippen LogP contribution in [-0.4, -0.2) is 78.6 Å². The van der Waals surface area contributed by atoms with Crippen molar-refractivity contribution in [3.8, 4) is 5.75 Å². The molecule has 34 heavy (non-hydrogen) atoms. The second-order valence-corrected chi connectivity index (χ2v) is 12.0. The molecule has 1 N–H and O–H groups in total. The van der Waals surface area contributed by atoms with Crippen LogP contribution in [0.15, 0.2) is 39.8 Å². The first-order valence-corrected chi connectivity index (χ1v) is 13.0. The second kappa shape index (κ2) is 9.29. The van der Waals surface area contributed by atoms with Crippen molar-refractivity contribution in [2.45, 2.75) is 28.4 Å². The Hall–Kier alpha value is -1.89. The molecule has 0 radical (unpaired) electrons. The Bertz CT molecular complexity index is 1230. The SMILES string of the molecule is O=C(N1CCC(S(=O)(=O)c2ccc(O)cc2Cl)C1)C1(c2ncc(Br)cc2F)CN(CC(F)F)C1. The minimum absolute atomic E-state index is 0.0905. The van der Waals surface area contributed by atoms with E-state index in [0.29, 0.717) is 4.47 Å². The Balaban J connectivity index is 1.60. The summed E-state index contributed by atoms with van der Waals surface area (Å²) < 4.78 is 67.2. The highest BCUT2D eigenvalue weighted by Gasteiger charge is 2.56. The number of pyridine rings is 1. The van der Waals surface area contributed by atoms with Crippen LogP contribution >= 0.6 is 27.5 Å². The van der Waals surface area contributed by atoms with E-state index in [9.17, 15) is 31.5 Å². The highest BCUT2D eigenvalue weighted by atomic mass is 79.9. The average Bonchev–Trinajstić information content (AvgIpc) is 3.21. The number of sulfone groups is 1. The molecule has 1 aromatic heterocycles. The van der Waals surface area contributed by atoms with Gasteiger partial charge in [0.1, 0.15) is 17.0 Å². The molecule has 0 saturated carbocycles. The van der Waals surface area contributed by atoms with Crippen LogP contribution in [0.2, 0.25) is 5.02 Å².